The van der Waals surface area contributed by atoms with Gasteiger partial charge in [0.05, 0.1) is 5.58 Å². The first kappa shape index (κ1) is 32.7. The molecule has 3 aromatic heterocycles. The van der Waals surface area contributed by atoms with Gasteiger partial charge in [0, 0.05) is 47.4 Å². The van der Waals surface area contributed by atoms with Crippen molar-refractivity contribution in [1.29, 1.82) is 0 Å². The van der Waals surface area contributed by atoms with Gasteiger partial charge in [0.2, 0.25) is 0 Å². The van der Waals surface area contributed by atoms with Crippen molar-refractivity contribution in [3.8, 4) is 44.8 Å². The van der Waals surface area contributed by atoms with Gasteiger partial charge in [0.1, 0.15) is 5.58 Å². The van der Waals surface area contributed by atoms with Crippen LogP contribution in [0.5, 0.6) is 0 Å². The number of pyridine rings is 2. The van der Waals surface area contributed by atoms with Crippen LogP contribution in [0.4, 0.5) is 0 Å². The van der Waals surface area contributed by atoms with Gasteiger partial charge in [-0.25, -0.2) is 0 Å². The Morgan fingerprint density at radius 3 is 2.02 bits per heavy atom. The SMILES string of the molecule is [2H]C([2H])([2H])c1ccc(-c2ccnc(-c3[c-]ccc4c3oc3ccc(C(C)(C)c5ccccc5)cc34)c2)cc1.[Ir].[c-]1ccc(-c2ccccc2)cc1-c1ccccn1. The molecule has 0 aliphatic rings. The van der Waals surface area contributed by atoms with Crippen molar-refractivity contribution >= 4 is 21.9 Å². The van der Waals surface area contributed by atoms with Crippen LogP contribution in [0, 0.1) is 19.0 Å². The van der Waals surface area contributed by atoms with Gasteiger partial charge in [-0.3, -0.25) is 0 Å². The van der Waals surface area contributed by atoms with Crippen LogP contribution in [0.15, 0.2) is 181 Å². The summed E-state index contributed by atoms with van der Waals surface area (Å²) in [5.41, 5.74) is 12.0. The number of aromatic nitrogens is 2. The number of benzene rings is 6. The van der Waals surface area contributed by atoms with Gasteiger partial charge in [-0.15, -0.1) is 53.6 Å². The van der Waals surface area contributed by atoms with Crippen LogP contribution in [0.1, 0.15) is 34.7 Å². The molecule has 9 aromatic rings. The molecule has 0 spiro atoms. The fourth-order valence-corrected chi connectivity index (χ4v) is 6.70. The molecule has 265 valence electrons. The number of hydrogen-bond donors (Lipinski definition) is 0. The summed E-state index contributed by atoms with van der Waals surface area (Å²) < 4.78 is 29.2. The van der Waals surface area contributed by atoms with E-state index in [0.717, 1.165) is 55.6 Å². The molecule has 0 saturated carbocycles. The number of aryl methyl sites for hydroxylation is 1. The predicted octanol–water partition coefficient (Wildman–Crippen LogP) is 13.0. The fraction of sp³-hybridized carbons (Fsp3) is 0.0800. The first-order valence-corrected chi connectivity index (χ1v) is 17.6. The van der Waals surface area contributed by atoms with Crippen molar-refractivity contribution in [2.24, 2.45) is 0 Å². The molecule has 0 aliphatic carbocycles. The van der Waals surface area contributed by atoms with E-state index in [-0.39, 0.29) is 25.5 Å². The number of furan rings is 1. The maximum absolute atomic E-state index is 7.62. The monoisotopic (exact) mass is 878 g/mol. The van der Waals surface area contributed by atoms with Gasteiger partial charge >= 0.3 is 0 Å². The maximum atomic E-state index is 7.62. The molecule has 54 heavy (non-hydrogen) atoms. The quantitative estimate of drug-likeness (QED) is 0.156. The predicted molar refractivity (Wildman–Crippen MR) is 218 cm³/mol. The molecular formula is C50H38IrN2O-2. The molecule has 4 heteroatoms. The third-order valence-electron chi connectivity index (χ3n) is 9.73. The second-order valence-corrected chi connectivity index (χ2v) is 13.5. The smallest absolute Gasteiger partial charge is 0.120 e. The maximum Gasteiger partial charge on any atom is 0.120 e. The topological polar surface area (TPSA) is 38.9 Å². The zero-order valence-electron chi connectivity index (χ0n) is 32.9. The summed E-state index contributed by atoms with van der Waals surface area (Å²) in [7, 11) is 0. The Balaban J connectivity index is 0.000000219. The minimum atomic E-state index is -2.12. The third-order valence-corrected chi connectivity index (χ3v) is 9.73. The Morgan fingerprint density at radius 1 is 0.556 bits per heavy atom. The average Bonchev–Trinajstić information content (AvgIpc) is 3.63. The summed E-state index contributed by atoms with van der Waals surface area (Å²) in [5, 5.41) is 2.09. The molecule has 0 fully saturated rings. The Kier molecular flexibility index (Phi) is 9.68. The number of nitrogens with zero attached hydrogens (tertiary/aromatic N) is 2. The number of fused-ring (bicyclic) bond motifs is 3. The summed E-state index contributed by atoms with van der Waals surface area (Å²) >= 11 is 0. The molecule has 3 nitrogen and oxygen atoms in total. The molecule has 3 heterocycles. The van der Waals surface area contributed by atoms with E-state index in [2.05, 4.69) is 103 Å². The normalized spacial score (nSPS) is 12.1. The Hall–Kier alpha value is -5.93. The van der Waals surface area contributed by atoms with E-state index >= 15 is 0 Å². The average molecular weight is 878 g/mol. The Morgan fingerprint density at radius 2 is 1.26 bits per heavy atom. The molecule has 0 unspecified atom stereocenters. The molecule has 0 atom stereocenters. The Labute approximate surface area is 335 Å². The van der Waals surface area contributed by atoms with Crippen molar-refractivity contribution in [3.05, 3.63) is 205 Å². The van der Waals surface area contributed by atoms with Crippen LogP contribution in [0.25, 0.3) is 66.7 Å². The van der Waals surface area contributed by atoms with Crippen LogP contribution in [0.3, 0.4) is 0 Å². The largest absolute Gasteiger partial charge is 0.501 e. The summed E-state index contributed by atoms with van der Waals surface area (Å²) in [5.74, 6) is 0. The van der Waals surface area contributed by atoms with Gasteiger partial charge in [0.15, 0.2) is 0 Å². The molecule has 0 amide bonds. The van der Waals surface area contributed by atoms with E-state index in [9.17, 15) is 0 Å². The van der Waals surface area contributed by atoms with Gasteiger partial charge in [0.25, 0.3) is 0 Å². The van der Waals surface area contributed by atoms with Crippen molar-refractivity contribution in [1.82, 2.24) is 9.97 Å². The number of hydrogen-bond acceptors (Lipinski definition) is 3. The van der Waals surface area contributed by atoms with E-state index in [4.69, 9.17) is 8.53 Å². The van der Waals surface area contributed by atoms with Crippen LogP contribution < -0.4 is 0 Å². The van der Waals surface area contributed by atoms with E-state index in [1.54, 1.807) is 24.5 Å². The van der Waals surface area contributed by atoms with Crippen molar-refractivity contribution in [2.75, 3.05) is 0 Å². The standard InChI is InChI=1S/C33H26NO.C17H12N.Ir/c1-22-12-14-23(15-13-22)24-18-19-34-30(20-24)28-11-7-10-27-29-21-26(16-17-31(29)35-32(27)28)33(2,3)25-8-5-4-6-9-25;1-2-7-14(8-3-1)15-9-6-10-16(13-15)17-11-4-5-12-18-17;/h4-10,12-21H,1-3H3;1-9,11-13H;/q2*-1;/i1D3;;. The number of rotatable bonds is 6. The molecule has 0 N–H and O–H groups in total. The van der Waals surface area contributed by atoms with E-state index in [1.165, 1.54) is 22.3 Å². The summed E-state index contributed by atoms with van der Waals surface area (Å²) in [4.78, 5) is 8.98. The minimum absolute atomic E-state index is 0. The molecule has 1 radical (unpaired) electrons. The van der Waals surface area contributed by atoms with E-state index in [0.29, 0.717) is 5.56 Å². The fourth-order valence-electron chi connectivity index (χ4n) is 6.70. The zero-order valence-corrected chi connectivity index (χ0v) is 32.3. The summed E-state index contributed by atoms with van der Waals surface area (Å²) in [6, 6.07) is 60.8. The summed E-state index contributed by atoms with van der Waals surface area (Å²) in [6.45, 7) is 2.36. The third kappa shape index (κ3) is 7.59. The molecule has 6 aromatic carbocycles. The van der Waals surface area contributed by atoms with Crippen LogP contribution in [-0.4, -0.2) is 9.97 Å². The van der Waals surface area contributed by atoms with Gasteiger partial charge in [-0.05, 0) is 70.3 Å². The van der Waals surface area contributed by atoms with Gasteiger partial charge < -0.3 is 14.4 Å². The molecule has 0 saturated heterocycles. The second kappa shape index (κ2) is 16.0. The van der Waals surface area contributed by atoms with Gasteiger partial charge in [-0.1, -0.05) is 140 Å². The molecule has 9 rings (SSSR count). The second-order valence-electron chi connectivity index (χ2n) is 13.5. The van der Waals surface area contributed by atoms with Gasteiger partial charge in [-0.2, -0.15) is 0 Å². The zero-order chi connectivity index (χ0) is 38.7. The van der Waals surface area contributed by atoms with Crippen molar-refractivity contribution < 1.29 is 28.6 Å². The molecular weight excluding hydrogens is 837 g/mol. The Bertz CT molecular complexity index is 2690. The summed E-state index contributed by atoms with van der Waals surface area (Å²) in [6.07, 6.45) is 3.57. The molecule has 0 aliphatic heterocycles. The van der Waals surface area contributed by atoms with Crippen LogP contribution in [-0.2, 0) is 25.5 Å². The van der Waals surface area contributed by atoms with Crippen molar-refractivity contribution in [3.63, 3.8) is 0 Å². The van der Waals surface area contributed by atoms with E-state index < -0.39 is 6.85 Å². The van der Waals surface area contributed by atoms with Crippen molar-refractivity contribution in [2.45, 2.75) is 26.1 Å². The minimum Gasteiger partial charge on any atom is -0.501 e. The first-order valence-electron chi connectivity index (χ1n) is 19.1. The van der Waals surface area contributed by atoms with Crippen LogP contribution in [0.2, 0.25) is 0 Å². The molecule has 0 bridgehead atoms. The first-order chi connectivity index (χ1) is 27.1. The van der Waals surface area contributed by atoms with Crippen LogP contribution >= 0.6 is 0 Å². The van der Waals surface area contributed by atoms with E-state index in [1.807, 2.05) is 84.9 Å².